The van der Waals surface area contributed by atoms with E-state index in [0.717, 1.165) is 35.1 Å². The van der Waals surface area contributed by atoms with Crippen LogP contribution in [0.2, 0.25) is 0 Å². The van der Waals surface area contributed by atoms with Gasteiger partial charge in [-0.3, -0.25) is 0 Å². The predicted octanol–water partition coefficient (Wildman–Crippen LogP) is 6.93. The molecular formula is C27H36N2O. The van der Waals surface area contributed by atoms with Crippen LogP contribution in [0.15, 0.2) is 22.7 Å². The normalized spacial score (nSPS) is 33.3. The summed E-state index contributed by atoms with van der Waals surface area (Å²) in [5.74, 6) is 5.33. The van der Waals surface area contributed by atoms with Crippen LogP contribution in [0.25, 0.3) is 11.5 Å². The molecule has 0 saturated heterocycles. The molecule has 5 saturated carbocycles. The van der Waals surface area contributed by atoms with Crippen molar-refractivity contribution >= 4 is 0 Å². The van der Waals surface area contributed by atoms with Gasteiger partial charge >= 0.3 is 0 Å². The summed E-state index contributed by atoms with van der Waals surface area (Å²) in [6.45, 7) is 1.90. The van der Waals surface area contributed by atoms with Gasteiger partial charge in [0.05, 0.1) is 0 Å². The summed E-state index contributed by atoms with van der Waals surface area (Å²) in [7, 11) is 0. The Morgan fingerprint density at radius 2 is 1.63 bits per heavy atom. The SMILES string of the molecule is Cc1noc(-c2ccc(CC34CC5CC(CC(C5)C3)C4)c(CC3CCCCC3)c2)n1. The zero-order chi connectivity index (χ0) is 20.1. The maximum atomic E-state index is 5.51. The smallest absolute Gasteiger partial charge is 0.257 e. The lowest BCUT2D eigenvalue weighted by Crippen LogP contribution is -2.47. The number of nitrogens with zero attached hydrogens (tertiary/aromatic N) is 2. The molecule has 5 aliphatic rings. The first-order chi connectivity index (χ1) is 14.6. The molecule has 2 aromatic rings. The standard InChI is InChI=1S/C27H36N2O/c1-18-28-26(30-29-18)23-7-8-24(25(13-23)12-19-5-3-2-4-6-19)17-27-14-20-9-21(15-27)11-22(10-20)16-27/h7-8,13,19-22H,2-6,9-12,14-17H2,1H3. The van der Waals surface area contributed by atoms with Crippen LogP contribution in [0.5, 0.6) is 0 Å². The molecule has 3 heteroatoms. The molecular weight excluding hydrogens is 368 g/mol. The number of benzene rings is 1. The van der Waals surface area contributed by atoms with Crippen LogP contribution < -0.4 is 0 Å². The first-order valence-corrected chi connectivity index (χ1v) is 12.6. The van der Waals surface area contributed by atoms with Crippen molar-refractivity contribution < 1.29 is 4.52 Å². The predicted molar refractivity (Wildman–Crippen MR) is 119 cm³/mol. The van der Waals surface area contributed by atoms with Gasteiger partial charge in [-0.15, -0.1) is 0 Å². The van der Waals surface area contributed by atoms with E-state index >= 15 is 0 Å². The van der Waals surface area contributed by atoms with Crippen molar-refractivity contribution in [2.45, 2.75) is 90.4 Å². The molecule has 5 fully saturated rings. The molecule has 0 atom stereocenters. The minimum absolute atomic E-state index is 0.596. The second-order valence-electron chi connectivity index (χ2n) is 11.4. The zero-order valence-electron chi connectivity index (χ0n) is 18.5. The van der Waals surface area contributed by atoms with Gasteiger partial charge in [0, 0.05) is 5.56 Å². The van der Waals surface area contributed by atoms with Crippen molar-refractivity contribution in [3.63, 3.8) is 0 Å². The number of hydrogen-bond acceptors (Lipinski definition) is 3. The van der Waals surface area contributed by atoms with Crippen LogP contribution in [-0.2, 0) is 12.8 Å². The molecule has 30 heavy (non-hydrogen) atoms. The Bertz CT molecular complexity index is 872. The van der Waals surface area contributed by atoms with Crippen LogP contribution in [-0.4, -0.2) is 10.1 Å². The molecule has 7 rings (SSSR count). The fourth-order valence-corrected chi connectivity index (χ4v) is 8.15. The molecule has 0 amide bonds. The second kappa shape index (κ2) is 7.50. The molecule has 0 aliphatic heterocycles. The van der Waals surface area contributed by atoms with Crippen molar-refractivity contribution in [3.05, 3.63) is 35.2 Å². The summed E-state index contributed by atoms with van der Waals surface area (Å²) < 4.78 is 5.51. The highest BCUT2D eigenvalue weighted by Gasteiger charge is 2.50. The summed E-state index contributed by atoms with van der Waals surface area (Å²) in [5, 5.41) is 4.02. The van der Waals surface area contributed by atoms with Crippen LogP contribution >= 0.6 is 0 Å². The van der Waals surface area contributed by atoms with Crippen molar-refractivity contribution in [1.82, 2.24) is 10.1 Å². The van der Waals surface area contributed by atoms with E-state index in [1.165, 1.54) is 83.5 Å². The summed E-state index contributed by atoms with van der Waals surface area (Å²) in [6, 6.07) is 7.07. The Morgan fingerprint density at radius 3 is 2.27 bits per heavy atom. The highest BCUT2D eigenvalue weighted by atomic mass is 16.5. The van der Waals surface area contributed by atoms with Gasteiger partial charge in [0.2, 0.25) is 0 Å². The lowest BCUT2D eigenvalue weighted by molar-refractivity contribution is -0.0522. The fourth-order valence-electron chi connectivity index (χ4n) is 8.15. The van der Waals surface area contributed by atoms with E-state index in [0.29, 0.717) is 11.3 Å². The molecule has 4 bridgehead atoms. The Balaban J connectivity index is 1.31. The highest BCUT2D eigenvalue weighted by Crippen LogP contribution is 2.61. The van der Waals surface area contributed by atoms with Crippen LogP contribution in [0.1, 0.15) is 87.6 Å². The zero-order valence-corrected chi connectivity index (χ0v) is 18.5. The number of aryl methyl sites for hydroxylation is 1. The maximum Gasteiger partial charge on any atom is 0.257 e. The lowest BCUT2D eigenvalue weighted by atomic mass is 9.48. The Hall–Kier alpha value is -1.64. The average Bonchev–Trinajstić information content (AvgIpc) is 3.15. The number of rotatable bonds is 5. The molecule has 0 N–H and O–H groups in total. The maximum absolute atomic E-state index is 5.51. The fraction of sp³-hybridized carbons (Fsp3) is 0.704. The lowest BCUT2D eigenvalue weighted by Gasteiger charge is -2.57. The van der Waals surface area contributed by atoms with Crippen molar-refractivity contribution in [1.29, 1.82) is 0 Å². The first-order valence-electron chi connectivity index (χ1n) is 12.6. The molecule has 1 heterocycles. The van der Waals surface area contributed by atoms with E-state index in [1.54, 1.807) is 11.1 Å². The number of aromatic nitrogens is 2. The Labute approximate surface area is 181 Å². The van der Waals surface area contributed by atoms with Gasteiger partial charge in [-0.2, -0.15) is 4.98 Å². The quantitative estimate of drug-likeness (QED) is 0.542. The van der Waals surface area contributed by atoms with Crippen LogP contribution in [0.4, 0.5) is 0 Å². The van der Waals surface area contributed by atoms with E-state index in [-0.39, 0.29) is 0 Å². The molecule has 5 aliphatic carbocycles. The third-order valence-corrected chi connectivity index (χ3v) is 8.94. The first kappa shape index (κ1) is 19.1. The van der Waals surface area contributed by atoms with Gasteiger partial charge in [0.1, 0.15) is 0 Å². The third-order valence-electron chi connectivity index (χ3n) is 8.94. The molecule has 0 radical (unpaired) electrons. The monoisotopic (exact) mass is 404 g/mol. The Kier molecular flexibility index (Phi) is 4.77. The van der Waals surface area contributed by atoms with Gasteiger partial charge in [-0.1, -0.05) is 43.3 Å². The van der Waals surface area contributed by atoms with Crippen molar-refractivity contribution in [2.75, 3.05) is 0 Å². The summed E-state index contributed by atoms with van der Waals surface area (Å²) in [4.78, 5) is 4.50. The van der Waals surface area contributed by atoms with Gasteiger partial charge in [-0.25, -0.2) is 0 Å². The molecule has 0 unspecified atom stereocenters. The van der Waals surface area contributed by atoms with Crippen molar-refractivity contribution in [3.8, 4) is 11.5 Å². The van der Waals surface area contributed by atoms with E-state index in [9.17, 15) is 0 Å². The largest absolute Gasteiger partial charge is 0.334 e. The molecule has 1 aromatic heterocycles. The van der Waals surface area contributed by atoms with Gasteiger partial charge in [0.15, 0.2) is 5.82 Å². The summed E-state index contributed by atoms with van der Waals surface area (Å²) in [5.41, 5.74) is 4.91. The minimum Gasteiger partial charge on any atom is -0.334 e. The van der Waals surface area contributed by atoms with Gasteiger partial charge < -0.3 is 4.52 Å². The van der Waals surface area contributed by atoms with E-state index in [1.807, 2.05) is 6.92 Å². The highest BCUT2D eigenvalue weighted by molar-refractivity contribution is 5.56. The summed E-state index contributed by atoms with van der Waals surface area (Å²) >= 11 is 0. The molecule has 1 aromatic carbocycles. The minimum atomic E-state index is 0.596. The van der Waals surface area contributed by atoms with Gasteiger partial charge in [-0.05, 0) is 111 Å². The second-order valence-corrected chi connectivity index (χ2v) is 11.4. The molecule has 160 valence electrons. The van der Waals surface area contributed by atoms with Gasteiger partial charge in [0.25, 0.3) is 5.89 Å². The topological polar surface area (TPSA) is 38.9 Å². The van der Waals surface area contributed by atoms with Crippen LogP contribution in [0.3, 0.4) is 0 Å². The number of hydrogen-bond donors (Lipinski definition) is 0. The van der Waals surface area contributed by atoms with E-state index < -0.39 is 0 Å². The van der Waals surface area contributed by atoms with E-state index in [2.05, 4.69) is 28.3 Å². The van der Waals surface area contributed by atoms with Crippen LogP contribution in [0, 0.1) is 36.0 Å². The van der Waals surface area contributed by atoms with Crippen molar-refractivity contribution in [2.24, 2.45) is 29.1 Å². The molecule has 0 spiro atoms. The summed E-state index contributed by atoms with van der Waals surface area (Å²) in [6.07, 6.45) is 18.7. The van der Waals surface area contributed by atoms with E-state index in [4.69, 9.17) is 4.52 Å². The average molecular weight is 405 g/mol. The third kappa shape index (κ3) is 3.63. The molecule has 3 nitrogen and oxygen atoms in total. The Morgan fingerprint density at radius 1 is 0.933 bits per heavy atom.